The third-order valence-corrected chi connectivity index (χ3v) is 2.53. The molecule has 26 heavy (non-hydrogen) atoms. The Balaban J connectivity index is 0.000000412. The molecule has 2 rings (SSSR count). The van der Waals surface area contributed by atoms with Gasteiger partial charge in [0.2, 0.25) is 5.88 Å². The van der Waals surface area contributed by atoms with E-state index in [-0.39, 0.29) is 0 Å². The van der Waals surface area contributed by atoms with Gasteiger partial charge in [0.05, 0.1) is 18.4 Å². The Morgan fingerprint density at radius 1 is 1.23 bits per heavy atom. The van der Waals surface area contributed by atoms with Crippen LogP contribution >= 0.6 is 0 Å². The maximum atomic E-state index is 11.9. The van der Waals surface area contributed by atoms with E-state index in [2.05, 4.69) is 20.1 Å². The number of carbonyl (C=O) groups is 1. The number of nitrogens with one attached hydrogen (secondary N) is 1. The molecule has 144 valence electrons. The standard InChI is InChI=1S/C11H11F3N4O.C2HF3O2/c1-15-9-5-17-18(7-9)6-8-2-3-10(16-4-8)19-11(12,13)14;3-2(4,5)1(6)7/h2-5,7,15H,6H2,1H3;(H,6,7). The van der Waals surface area contributed by atoms with Crippen molar-refractivity contribution < 1.29 is 41.0 Å². The molecule has 0 aromatic carbocycles. The fourth-order valence-electron chi connectivity index (χ4n) is 1.45. The minimum absolute atomic E-state index is 0.418. The van der Waals surface area contributed by atoms with Gasteiger partial charge in [-0.2, -0.15) is 18.3 Å². The second-order valence-electron chi connectivity index (χ2n) is 4.53. The van der Waals surface area contributed by atoms with Crippen LogP contribution in [0.15, 0.2) is 30.7 Å². The van der Waals surface area contributed by atoms with Crippen LogP contribution in [0, 0.1) is 0 Å². The summed E-state index contributed by atoms with van der Waals surface area (Å²) in [6, 6.07) is 2.68. The molecule has 0 saturated heterocycles. The number of ether oxygens (including phenoxy) is 1. The Hall–Kier alpha value is -2.99. The topological polar surface area (TPSA) is 89.3 Å². The highest BCUT2D eigenvalue weighted by atomic mass is 19.4. The SMILES string of the molecule is CNc1cnn(Cc2ccc(OC(F)(F)F)nc2)c1.O=C(O)C(F)(F)F. The van der Waals surface area contributed by atoms with E-state index in [1.54, 1.807) is 24.1 Å². The number of carboxylic acid groups (broad SMARTS) is 1. The van der Waals surface area contributed by atoms with Gasteiger partial charge in [0.1, 0.15) is 0 Å². The molecule has 13 heteroatoms. The first-order chi connectivity index (χ1) is 11.9. The quantitative estimate of drug-likeness (QED) is 0.786. The van der Waals surface area contributed by atoms with E-state index in [4.69, 9.17) is 9.90 Å². The second-order valence-corrected chi connectivity index (χ2v) is 4.53. The Kier molecular flexibility index (Phi) is 6.80. The summed E-state index contributed by atoms with van der Waals surface area (Å²) < 4.78 is 72.9. The van der Waals surface area contributed by atoms with Crippen molar-refractivity contribution in [1.29, 1.82) is 0 Å². The van der Waals surface area contributed by atoms with E-state index >= 15 is 0 Å². The summed E-state index contributed by atoms with van der Waals surface area (Å²) in [7, 11) is 1.77. The number of hydrogen-bond acceptors (Lipinski definition) is 5. The van der Waals surface area contributed by atoms with Crippen molar-refractivity contribution in [3.63, 3.8) is 0 Å². The first-order valence-electron chi connectivity index (χ1n) is 6.61. The number of carboxylic acids is 1. The van der Waals surface area contributed by atoms with Crippen LogP contribution in [0.3, 0.4) is 0 Å². The first-order valence-corrected chi connectivity index (χ1v) is 6.61. The van der Waals surface area contributed by atoms with Gasteiger partial charge in [-0.15, -0.1) is 13.2 Å². The van der Waals surface area contributed by atoms with Gasteiger partial charge >= 0.3 is 18.5 Å². The van der Waals surface area contributed by atoms with Crippen molar-refractivity contribution >= 4 is 11.7 Å². The van der Waals surface area contributed by atoms with E-state index in [0.717, 1.165) is 11.3 Å². The Labute approximate surface area is 142 Å². The molecule has 0 bridgehead atoms. The smallest absolute Gasteiger partial charge is 0.475 e. The van der Waals surface area contributed by atoms with E-state index in [0.29, 0.717) is 6.54 Å². The maximum absolute atomic E-state index is 11.9. The van der Waals surface area contributed by atoms with Crippen molar-refractivity contribution in [2.45, 2.75) is 19.1 Å². The second kappa shape index (κ2) is 8.40. The first kappa shape index (κ1) is 21.1. The molecular formula is C13H12F6N4O3. The van der Waals surface area contributed by atoms with Gasteiger partial charge in [-0.25, -0.2) is 9.78 Å². The number of alkyl halides is 6. The number of nitrogens with zero attached hydrogens (tertiary/aromatic N) is 3. The number of halogens is 6. The Morgan fingerprint density at radius 2 is 1.85 bits per heavy atom. The highest BCUT2D eigenvalue weighted by Crippen LogP contribution is 2.20. The van der Waals surface area contributed by atoms with Gasteiger partial charge in [0.25, 0.3) is 0 Å². The van der Waals surface area contributed by atoms with E-state index in [9.17, 15) is 26.3 Å². The molecule has 0 spiro atoms. The minimum atomic E-state index is -5.08. The lowest BCUT2D eigenvalue weighted by molar-refractivity contribution is -0.276. The number of hydrogen-bond donors (Lipinski definition) is 2. The van der Waals surface area contributed by atoms with Crippen LogP contribution in [-0.2, 0) is 11.3 Å². The van der Waals surface area contributed by atoms with Crippen molar-refractivity contribution in [2.24, 2.45) is 0 Å². The van der Waals surface area contributed by atoms with Crippen LogP contribution in [-0.4, -0.2) is 45.4 Å². The van der Waals surface area contributed by atoms with E-state index < -0.39 is 24.4 Å². The zero-order chi connectivity index (χ0) is 20.0. The number of aliphatic carboxylic acids is 1. The summed E-state index contributed by atoms with van der Waals surface area (Å²) in [6.07, 6.45) is -5.06. The van der Waals surface area contributed by atoms with Crippen LogP contribution in [0.25, 0.3) is 0 Å². The molecule has 0 aliphatic rings. The zero-order valence-electron chi connectivity index (χ0n) is 13.0. The molecule has 7 nitrogen and oxygen atoms in total. The molecule has 0 saturated carbocycles. The van der Waals surface area contributed by atoms with Gasteiger partial charge in [-0.3, -0.25) is 4.68 Å². The molecular weight excluding hydrogens is 374 g/mol. The highest BCUT2D eigenvalue weighted by Gasteiger charge is 2.38. The molecule has 0 aliphatic carbocycles. The number of aromatic nitrogens is 3. The van der Waals surface area contributed by atoms with Crippen molar-refractivity contribution in [3.05, 3.63) is 36.3 Å². The molecule has 2 aromatic heterocycles. The summed E-state index contributed by atoms with van der Waals surface area (Å²) in [4.78, 5) is 12.5. The normalized spacial score (nSPS) is 11.3. The van der Waals surface area contributed by atoms with Gasteiger partial charge in [0.15, 0.2) is 0 Å². The van der Waals surface area contributed by atoms with Crippen LogP contribution in [0.4, 0.5) is 32.0 Å². The predicted molar refractivity (Wildman–Crippen MR) is 75.5 cm³/mol. The van der Waals surface area contributed by atoms with Crippen LogP contribution in [0.2, 0.25) is 0 Å². The fourth-order valence-corrected chi connectivity index (χ4v) is 1.45. The van der Waals surface area contributed by atoms with Gasteiger partial charge in [0, 0.05) is 25.5 Å². The Morgan fingerprint density at radius 3 is 2.23 bits per heavy atom. The summed E-state index contributed by atoms with van der Waals surface area (Å²) in [5.74, 6) is -3.24. The molecule has 2 aromatic rings. The molecule has 0 aliphatic heterocycles. The molecule has 0 amide bonds. The van der Waals surface area contributed by atoms with Crippen LogP contribution in [0.1, 0.15) is 5.56 Å². The molecule has 0 radical (unpaired) electrons. The highest BCUT2D eigenvalue weighted by molar-refractivity contribution is 5.73. The minimum Gasteiger partial charge on any atom is -0.475 e. The monoisotopic (exact) mass is 386 g/mol. The third-order valence-electron chi connectivity index (χ3n) is 2.53. The van der Waals surface area contributed by atoms with E-state index in [1.165, 1.54) is 18.3 Å². The number of rotatable bonds is 4. The Bertz CT molecular complexity index is 712. The van der Waals surface area contributed by atoms with Crippen LogP contribution < -0.4 is 10.1 Å². The number of anilines is 1. The average Bonchev–Trinajstić information content (AvgIpc) is 2.95. The largest absolute Gasteiger partial charge is 0.574 e. The predicted octanol–water partition coefficient (Wildman–Crippen LogP) is 2.90. The number of pyridine rings is 1. The van der Waals surface area contributed by atoms with Crippen molar-refractivity contribution in [3.8, 4) is 5.88 Å². The van der Waals surface area contributed by atoms with Crippen LogP contribution in [0.5, 0.6) is 5.88 Å². The van der Waals surface area contributed by atoms with Crippen molar-refractivity contribution in [2.75, 3.05) is 12.4 Å². The summed E-state index contributed by atoms with van der Waals surface area (Å²) >= 11 is 0. The summed E-state index contributed by atoms with van der Waals surface area (Å²) in [5.41, 5.74) is 1.57. The molecule has 2 N–H and O–H groups in total. The fraction of sp³-hybridized carbons (Fsp3) is 0.308. The molecule has 2 heterocycles. The van der Waals surface area contributed by atoms with Gasteiger partial charge < -0.3 is 15.2 Å². The van der Waals surface area contributed by atoms with Gasteiger partial charge in [-0.1, -0.05) is 6.07 Å². The molecule has 0 unspecified atom stereocenters. The maximum Gasteiger partial charge on any atom is 0.574 e. The zero-order valence-corrected chi connectivity index (χ0v) is 13.0. The molecule has 0 fully saturated rings. The summed E-state index contributed by atoms with van der Waals surface area (Å²) in [5, 5.41) is 14.1. The van der Waals surface area contributed by atoms with Gasteiger partial charge in [-0.05, 0) is 5.56 Å². The lowest BCUT2D eigenvalue weighted by Crippen LogP contribution is -2.21. The summed E-state index contributed by atoms with van der Waals surface area (Å²) in [6.45, 7) is 0.418. The lowest BCUT2D eigenvalue weighted by Gasteiger charge is -2.08. The average molecular weight is 386 g/mol. The van der Waals surface area contributed by atoms with E-state index in [1.807, 2.05) is 0 Å². The third kappa shape index (κ3) is 7.72. The lowest BCUT2D eigenvalue weighted by atomic mass is 10.3. The molecule has 0 atom stereocenters. The van der Waals surface area contributed by atoms with Crippen molar-refractivity contribution in [1.82, 2.24) is 14.8 Å².